The van der Waals surface area contributed by atoms with Gasteiger partial charge >= 0.3 is 0 Å². The predicted octanol–water partition coefficient (Wildman–Crippen LogP) is 15.5. The highest BCUT2D eigenvalue weighted by Crippen LogP contribution is 2.48. The molecule has 0 spiro atoms. The van der Waals surface area contributed by atoms with Gasteiger partial charge in [-0.05, 0) is 73.9 Å². The first-order valence-corrected chi connectivity index (χ1v) is 33.4. The van der Waals surface area contributed by atoms with E-state index in [1.54, 1.807) is 5.19 Å². The van der Waals surface area contributed by atoms with Crippen LogP contribution in [-0.2, 0) is 18.3 Å². The molecule has 57 heavy (non-hydrogen) atoms. The molecular formula is C50H96O4Si3. The first kappa shape index (κ1) is 51.1. The van der Waals surface area contributed by atoms with Gasteiger partial charge in [-0.15, -0.1) is 0 Å². The number of hydrogen-bond acceptors (Lipinski definition) is 4. The largest absolute Gasteiger partial charge is 0.411 e. The SMILES string of the molecule is CCCCCCCCCC[C@@H](O[Si](C)(C)C(C)(C)C)[C@@H]1O[C@H]([C@H]2CC[C@H]([C@@H](CCCCCCCCCC)O[Si](C)(C)C(C)(C)C)O2)C[C@H]1[Si](C)(C)c1ccccc1. The minimum absolute atomic E-state index is 0.106. The first-order chi connectivity index (χ1) is 26.7. The molecule has 0 radical (unpaired) electrons. The van der Waals surface area contributed by atoms with Crippen molar-refractivity contribution in [2.45, 2.75) is 282 Å². The molecule has 2 heterocycles. The quantitative estimate of drug-likeness (QED) is 0.0653. The Labute approximate surface area is 358 Å². The van der Waals surface area contributed by atoms with Gasteiger partial charge in [0.05, 0.1) is 44.7 Å². The summed E-state index contributed by atoms with van der Waals surface area (Å²) in [6.07, 6.45) is 27.7. The summed E-state index contributed by atoms with van der Waals surface area (Å²) in [7, 11) is -5.96. The third kappa shape index (κ3) is 15.8. The highest BCUT2D eigenvalue weighted by atomic mass is 28.4. The molecule has 7 atom stereocenters. The summed E-state index contributed by atoms with van der Waals surface area (Å²) in [5.74, 6) is 0. The van der Waals surface area contributed by atoms with Gasteiger partial charge in [0.2, 0.25) is 0 Å². The second-order valence-corrected chi connectivity index (χ2v) is 36.5. The predicted molar refractivity (Wildman–Crippen MR) is 257 cm³/mol. The Bertz CT molecular complexity index is 1220. The van der Waals surface area contributed by atoms with Crippen molar-refractivity contribution in [2.24, 2.45) is 0 Å². The molecule has 0 aromatic heterocycles. The van der Waals surface area contributed by atoms with Crippen LogP contribution in [0.25, 0.3) is 0 Å². The van der Waals surface area contributed by atoms with Gasteiger partial charge in [0.25, 0.3) is 0 Å². The normalized spacial score (nSPS) is 23.6. The van der Waals surface area contributed by atoms with Gasteiger partial charge < -0.3 is 18.3 Å². The molecule has 0 amide bonds. The molecule has 1 aromatic rings. The third-order valence-corrected chi connectivity index (χ3v) is 28.4. The van der Waals surface area contributed by atoms with Crippen LogP contribution in [0, 0.1) is 0 Å². The van der Waals surface area contributed by atoms with Crippen LogP contribution in [0.4, 0.5) is 0 Å². The van der Waals surface area contributed by atoms with Gasteiger partial charge in [0.1, 0.15) is 0 Å². The molecule has 2 aliphatic heterocycles. The van der Waals surface area contributed by atoms with Gasteiger partial charge in [-0.1, -0.05) is 207 Å². The van der Waals surface area contributed by atoms with Crippen LogP contribution in [-0.4, -0.2) is 61.3 Å². The summed E-state index contributed by atoms with van der Waals surface area (Å²) in [4.78, 5) is 0. The average molecular weight is 846 g/mol. The van der Waals surface area contributed by atoms with Gasteiger partial charge in [0, 0.05) is 0 Å². The Morgan fingerprint density at radius 1 is 0.561 bits per heavy atom. The highest BCUT2D eigenvalue weighted by Gasteiger charge is 2.54. The van der Waals surface area contributed by atoms with Crippen molar-refractivity contribution in [3.63, 3.8) is 0 Å². The highest BCUT2D eigenvalue weighted by molar-refractivity contribution is 6.91. The molecule has 2 aliphatic rings. The Kier molecular flexibility index (Phi) is 21.3. The minimum Gasteiger partial charge on any atom is -0.411 e. The molecular weight excluding hydrogens is 749 g/mol. The van der Waals surface area contributed by atoms with Crippen LogP contribution in [0.5, 0.6) is 0 Å². The van der Waals surface area contributed by atoms with E-state index in [-0.39, 0.29) is 46.7 Å². The van der Waals surface area contributed by atoms with E-state index in [0.29, 0.717) is 5.54 Å². The lowest BCUT2D eigenvalue weighted by molar-refractivity contribution is -0.107. The van der Waals surface area contributed by atoms with E-state index in [1.807, 2.05) is 0 Å². The van der Waals surface area contributed by atoms with Crippen molar-refractivity contribution in [1.29, 1.82) is 0 Å². The summed E-state index contributed by atoms with van der Waals surface area (Å²) < 4.78 is 29.6. The van der Waals surface area contributed by atoms with Gasteiger partial charge in [-0.2, -0.15) is 0 Å². The number of unbranched alkanes of at least 4 members (excludes halogenated alkanes) is 14. The van der Waals surface area contributed by atoms with E-state index in [2.05, 4.69) is 125 Å². The second-order valence-electron chi connectivity index (χ2n) is 22.2. The summed E-state index contributed by atoms with van der Waals surface area (Å²) >= 11 is 0. The van der Waals surface area contributed by atoms with Crippen molar-refractivity contribution in [2.75, 3.05) is 0 Å². The second kappa shape index (κ2) is 23.8. The molecule has 4 nitrogen and oxygen atoms in total. The van der Waals surface area contributed by atoms with Gasteiger partial charge in [-0.25, -0.2) is 0 Å². The molecule has 0 unspecified atom stereocenters. The summed E-state index contributed by atoms with van der Waals surface area (Å²) in [6.45, 7) is 33.9. The van der Waals surface area contributed by atoms with Crippen molar-refractivity contribution in [3.05, 3.63) is 30.3 Å². The van der Waals surface area contributed by atoms with Gasteiger partial charge in [0.15, 0.2) is 16.6 Å². The van der Waals surface area contributed by atoms with E-state index in [9.17, 15) is 0 Å². The van der Waals surface area contributed by atoms with Crippen molar-refractivity contribution in [1.82, 2.24) is 0 Å². The van der Waals surface area contributed by atoms with Crippen molar-refractivity contribution in [3.8, 4) is 0 Å². The summed E-state index contributed by atoms with van der Waals surface area (Å²) in [5, 5.41) is 1.88. The van der Waals surface area contributed by atoms with Crippen LogP contribution in [0.3, 0.4) is 0 Å². The molecule has 2 fully saturated rings. The molecule has 7 heteroatoms. The minimum atomic E-state index is -2.05. The van der Waals surface area contributed by atoms with E-state index in [0.717, 1.165) is 32.1 Å². The maximum Gasteiger partial charge on any atom is 0.192 e. The zero-order valence-electron chi connectivity index (χ0n) is 40.4. The number of benzene rings is 1. The topological polar surface area (TPSA) is 36.9 Å². The van der Waals surface area contributed by atoms with E-state index in [1.165, 1.54) is 103 Å². The van der Waals surface area contributed by atoms with Crippen LogP contribution in [0.2, 0.25) is 54.9 Å². The molecule has 1 aromatic carbocycles. The number of hydrogen-bond donors (Lipinski definition) is 0. The standard InChI is InChI=1S/C50H96O4Si3/c1-15-17-19-21-23-25-27-32-36-44(53-56(11,12)49(3,4)5)42-38-39-43(51-42)46-40-47(55(9,10)41-34-30-29-31-35-41)48(52-46)45(54-57(13,14)50(6,7)8)37-33-28-26-24-22-20-18-16-2/h29-31,34-35,42-48H,15-28,32-33,36-40H2,1-14H3/t42-,43-,44-,45-,46+,47-,48+/m1/s1. The molecule has 3 rings (SSSR count). The van der Waals surface area contributed by atoms with Crippen molar-refractivity contribution < 1.29 is 18.3 Å². The Hall–Kier alpha value is -0.289. The Balaban J connectivity index is 1.84. The van der Waals surface area contributed by atoms with Crippen LogP contribution < -0.4 is 5.19 Å². The summed E-state index contributed by atoms with van der Waals surface area (Å²) in [5.41, 5.74) is 0.480. The van der Waals surface area contributed by atoms with Crippen LogP contribution >= 0.6 is 0 Å². The van der Waals surface area contributed by atoms with Crippen LogP contribution in [0.1, 0.15) is 190 Å². The summed E-state index contributed by atoms with van der Waals surface area (Å²) in [6, 6.07) is 11.5. The van der Waals surface area contributed by atoms with E-state index >= 15 is 0 Å². The molecule has 2 saturated heterocycles. The fourth-order valence-corrected chi connectivity index (χ4v) is 15.2. The smallest absolute Gasteiger partial charge is 0.192 e. The molecule has 332 valence electrons. The fraction of sp³-hybridized carbons (Fsp3) is 0.880. The fourth-order valence-electron chi connectivity index (χ4n) is 9.03. The molecule has 0 N–H and O–H groups in total. The molecule has 0 saturated carbocycles. The maximum absolute atomic E-state index is 7.54. The number of rotatable bonds is 27. The first-order valence-electron chi connectivity index (χ1n) is 24.5. The lowest BCUT2D eigenvalue weighted by Gasteiger charge is -2.43. The Morgan fingerprint density at radius 2 is 1.00 bits per heavy atom. The zero-order valence-corrected chi connectivity index (χ0v) is 43.4. The third-order valence-electron chi connectivity index (χ3n) is 15.1. The average Bonchev–Trinajstić information content (AvgIpc) is 3.81. The maximum atomic E-state index is 7.54. The Morgan fingerprint density at radius 3 is 1.47 bits per heavy atom. The van der Waals surface area contributed by atoms with E-state index < -0.39 is 24.7 Å². The molecule has 0 bridgehead atoms. The monoisotopic (exact) mass is 845 g/mol. The molecule has 0 aliphatic carbocycles. The lowest BCUT2D eigenvalue weighted by atomic mass is 10.00. The van der Waals surface area contributed by atoms with Crippen LogP contribution in [0.15, 0.2) is 30.3 Å². The lowest BCUT2D eigenvalue weighted by Crippen LogP contribution is -2.53. The zero-order chi connectivity index (χ0) is 42.3. The van der Waals surface area contributed by atoms with E-state index in [4.69, 9.17) is 18.3 Å². The van der Waals surface area contributed by atoms with Crippen molar-refractivity contribution >= 4 is 29.9 Å². The van der Waals surface area contributed by atoms with Gasteiger partial charge in [-0.3, -0.25) is 0 Å². The number of ether oxygens (including phenoxy) is 2.